The summed E-state index contributed by atoms with van der Waals surface area (Å²) in [6, 6.07) is 10.7. The third kappa shape index (κ3) is 5.16. The minimum absolute atomic E-state index is 0.00979. The lowest BCUT2D eigenvalue weighted by molar-refractivity contribution is -0.125. The summed E-state index contributed by atoms with van der Waals surface area (Å²) in [7, 11) is 6.23. The molecule has 2 aromatic rings. The summed E-state index contributed by atoms with van der Waals surface area (Å²) in [5, 5.41) is 3.00. The molecule has 0 aromatic heterocycles. The highest BCUT2D eigenvalue weighted by Crippen LogP contribution is 2.43. The molecule has 0 spiro atoms. The summed E-state index contributed by atoms with van der Waals surface area (Å²) < 4.78 is 21.6. The first kappa shape index (κ1) is 24.2. The minimum atomic E-state index is -0.419. The monoisotopic (exact) mass is 456 g/mol. The predicted molar refractivity (Wildman–Crippen MR) is 125 cm³/mol. The lowest BCUT2D eigenvalue weighted by atomic mass is 9.87. The molecule has 3 rings (SSSR count). The lowest BCUT2D eigenvalue weighted by Gasteiger charge is -2.21. The van der Waals surface area contributed by atoms with E-state index in [1.54, 1.807) is 57.6 Å². The smallest absolute Gasteiger partial charge is 0.253 e. The maximum Gasteiger partial charge on any atom is 0.253 e. The summed E-state index contributed by atoms with van der Waals surface area (Å²) >= 11 is 0. The van der Waals surface area contributed by atoms with Crippen molar-refractivity contribution in [1.29, 1.82) is 0 Å². The number of ether oxygens (including phenoxy) is 4. The van der Waals surface area contributed by atoms with Crippen LogP contribution >= 0.6 is 0 Å². The van der Waals surface area contributed by atoms with Gasteiger partial charge < -0.3 is 29.2 Å². The highest BCUT2D eigenvalue weighted by molar-refractivity contribution is 5.95. The Bertz CT molecular complexity index is 964. The zero-order valence-corrected chi connectivity index (χ0v) is 20.0. The van der Waals surface area contributed by atoms with E-state index in [1.807, 2.05) is 26.0 Å². The van der Waals surface area contributed by atoms with E-state index in [-0.39, 0.29) is 23.8 Å². The van der Waals surface area contributed by atoms with Gasteiger partial charge in [0.25, 0.3) is 5.91 Å². The molecule has 0 saturated carbocycles. The molecule has 1 aliphatic rings. The Morgan fingerprint density at radius 3 is 2.00 bits per heavy atom. The number of carbonyl (C=O) groups excluding carboxylic acids is 2. The van der Waals surface area contributed by atoms with Crippen molar-refractivity contribution in [2.24, 2.45) is 5.92 Å². The number of methoxy groups -OCH3 is 4. The summed E-state index contributed by atoms with van der Waals surface area (Å²) in [6.45, 7) is 4.54. The van der Waals surface area contributed by atoms with Gasteiger partial charge >= 0.3 is 0 Å². The standard InChI is InChI=1S/C25H32N2O6/c1-15(2)26-24(28)20-14-27(25(29)16-7-9-18(30-3)10-8-16)13-19(20)17-11-21(31-4)23(33-6)22(12-17)32-5/h7-12,15,19-20H,13-14H2,1-6H3,(H,26,28)/t19-,20-/m0/s1. The third-order valence-electron chi connectivity index (χ3n) is 5.83. The Morgan fingerprint density at radius 1 is 0.909 bits per heavy atom. The minimum Gasteiger partial charge on any atom is -0.497 e. The first-order valence-corrected chi connectivity index (χ1v) is 10.9. The van der Waals surface area contributed by atoms with Crippen LogP contribution in [0.3, 0.4) is 0 Å². The second-order valence-corrected chi connectivity index (χ2v) is 8.27. The largest absolute Gasteiger partial charge is 0.497 e. The van der Waals surface area contributed by atoms with Crippen LogP contribution < -0.4 is 24.3 Å². The van der Waals surface area contributed by atoms with Crippen LogP contribution in [0.1, 0.15) is 35.7 Å². The van der Waals surface area contributed by atoms with Crippen molar-refractivity contribution in [2.75, 3.05) is 41.5 Å². The van der Waals surface area contributed by atoms with Gasteiger partial charge in [-0.1, -0.05) is 0 Å². The highest BCUT2D eigenvalue weighted by atomic mass is 16.5. The van der Waals surface area contributed by atoms with Gasteiger partial charge in [0.1, 0.15) is 5.75 Å². The van der Waals surface area contributed by atoms with Crippen molar-refractivity contribution in [2.45, 2.75) is 25.8 Å². The number of carbonyl (C=O) groups is 2. The second-order valence-electron chi connectivity index (χ2n) is 8.27. The SMILES string of the molecule is COc1ccc(C(=O)N2C[C@H](C(=O)NC(C)C)[C@H](c3cc(OC)c(OC)c(OC)c3)C2)cc1. The Hall–Kier alpha value is -3.42. The molecule has 8 heteroatoms. The zero-order valence-electron chi connectivity index (χ0n) is 20.0. The number of rotatable bonds is 8. The Labute approximate surface area is 194 Å². The van der Waals surface area contributed by atoms with Crippen molar-refractivity contribution < 1.29 is 28.5 Å². The van der Waals surface area contributed by atoms with Crippen molar-refractivity contribution in [3.05, 3.63) is 47.5 Å². The van der Waals surface area contributed by atoms with E-state index in [2.05, 4.69) is 5.32 Å². The fourth-order valence-corrected chi connectivity index (χ4v) is 4.20. The Kier molecular flexibility index (Phi) is 7.68. The number of hydrogen-bond donors (Lipinski definition) is 1. The normalized spacial score (nSPS) is 17.6. The number of amides is 2. The van der Waals surface area contributed by atoms with Crippen LogP contribution in [-0.2, 0) is 4.79 Å². The van der Waals surface area contributed by atoms with Crippen molar-refractivity contribution in [3.8, 4) is 23.0 Å². The van der Waals surface area contributed by atoms with Gasteiger partial charge in [-0.2, -0.15) is 0 Å². The van der Waals surface area contributed by atoms with E-state index >= 15 is 0 Å². The van der Waals surface area contributed by atoms with E-state index in [0.29, 0.717) is 41.7 Å². The summed E-state index contributed by atoms with van der Waals surface area (Å²) in [6.07, 6.45) is 0. The van der Waals surface area contributed by atoms with Crippen LogP contribution in [-0.4, -0.2) is 64.3 Å². The van der Waals surface area contributed by atoms with E-state index in [1.165, 1.54) is 0 Å². The summed E-state index contributed by atoms with van der Waals surface area (Å²) in [4.78, 5) is 28.1. The van der Waals surface area contributed by atoms with Gasteiger partial charge in [-0.3, -0.25) is 9.59 Å². The fraction of sp³-hybridized carbons (Fsp3) is 0.440. The van der Waals surface area contributed by atoms with Crippen LogP contribution in [0.15, 0.2) is 36.4 Å². The molecule has 8 nitrogen and oxygen atoms in total. The van der Waals surface area contributed by atoms with Crippen LogP contribution in [0.2, 0.25) is 0 Å². The van der Waals surface area contributed by atoms with Crippen LogP contribution in [0.25, 0.3) is 0 Å². The first-order chi connectivity index (χ1) is 15.8. The van der Waals surface area contributed by atoms with E-state index in [9.17, 15) is 9.59 Å². The average molecular weight is 457 g/mol. The maximum atomic E-state index is 13.2. The molecule has 0 radical (unpaired) electrons. The molecule has 2 atom stereocenters. The summed E-state index contributed by atoms with van der Waals surface area (Å²) in [5.74, 6) is 1.30. The molecule has 2 aromatic carbocycles. The second kappa shape index (κ2) is 10.5. The molecule has 1 N–H and O–H groups in total. The molecule has 1 fully saturated rings. The van der Waals surface area contributed by atoms with Crippen LogP contribution in [0.4, 0.5) is 0 Å². The van der Waals surface area contributed by atoms with Crippen molar-refractivity contribution in [3.63, 3.8) is 0 Å². The van der Waals surface area contributed by atoms with Gasteiger partial charge in [-0.15, -0.1) is 0 Å². The van der Waals surface area contributed by atoms with E-state index in [0.717, 1.165) is 5.56 Å². The molecule has 2 amide bonds. The molecule has 178 valence electrons. The van der Waals surface area contributed by atoms with Gasteiger partial charge in [0, 0.05) is 30.6 Å². The topological polar surface area (TPSA) is 86.3 Å². The molecule has 1 heterocycles. The molecule has 0 bridgehead atoms. The van der Waals surface area contributed by atoms with Gasteiger partial charge in [0.2, 0.25) is 11.7 Å². The molecule has 0 aliphatic carbocycles. The predicted octanol–water partition coefficient (Wildman–Crippen LogP) is 3.10. The van der Waals surface area contributed by atoms with Crippen LogP contribution in [0, 0.1) is 5.92 Å². The molecule has 1 saturated heterocycles. The first-order valence-electron chi connectivity index (χ1n) is 10.9. The van der Waals surface area contributed by atoms with E-state index < -0.39 is 5.92 Å². The summed E-state index contributed by atoms with van der Waals surface area (Å²) in [5.41, 5.74) is 1.39. The van der Waals surface area contributed by atoms with Crippen molar-refractivity contribution in [1.82, 2.24) is 10.2 Å². The number of hydrogen-bond acceptors (Lipinski definition) is 6. The molecular formula is C25H32N2O6. The highest BCUT2D eigenvalue weighted by Gasteiger charge is 2.41. The Morgan fingerprint density at radius 2 is 1.52 bits per heavy atom. The number of nitrogens with one attached hydrogen (secondary N) is 1. The zero-order chi connectivity index (χ0) is 24.1. The fourth-order valence-electron chi connectivity index (χ4n) is 4.20. The van der Waals surface area contributed by atoms with Gasteiger partial charge in [0.05, 0.1) is 34.4 Å². The van der Waals surface area contributed by atoms with E-state index in [4.69, 9.17) is 18.9 Å². The van der Waals surface area contributed by atoms with Gasteiger partial charge in [0.15, 0.2) is 11.5 Å². The van der Waals surface area contributed by atoms with Crippen LogP contribution in [0.5, 0.6) is 23.0 Å². The lowest BCUT2D eigenvalue weighted by Crippen LogP contribution is -2.39. The van der Waals surface area contributed by atoms with Gasteiger partial charge in [-0.05, 0) is 55.8 Å². The van der Waals surface area contributed by atoms with Gasteiger partial charge in [-0.25, -0.2) is 0 Å². The Balaban J connectivity index is 1.97. The quantitative estimate of drug-likeness (QED) is 0.657. The number of likely N-dealkylation sites (tertiary alicyclic amines) is 1. The number of nitrogens with zero attached hydrogens (tertiary/aromatic N) is 1. The molecule has 33 heavy (non-hydrogen) atoms. The van der Waals surface area contributed by atoms with Crippen molar-refractivity contribution >= 4 is 11.8 Å². The average Bonchev–Trinajstić information content (AvgIpc) is 3.28. The molecule has 0 unspecified atom stereocenters. The third-order valence-corrected chi connectivity index (χ3v) is 5.83. The molecule has 1 aliphatic heterocycles. The molecular weight excluding hydrogens is 424 g/mol. The maximum absolute atomic E-state index is 13.2. The number of benzene rings is 2.